The highest BCUT2D eigenvalue weighted by molar-refractivity contribution is 7.13. The summed E-state index contributed by atoms with van der Waals surface area (Å²) in [6, 6.07) is 14.1. The lowest BCUT2D eigenvalue weighted by Gasteiger charge is -2.26. The zero-order chi connectivity index (χ0) is 28.5. The summed E-state index contributed by atoms with van der Waals surface area (Å²) in [4.78, 5) is 36.9. The van der Waals surface area contributed by atoms with Crippen LogP contribution in [-0.2, 0) is 17.9 Å². The molecular formula is C30H26N4O6S. The first-order chi connectivity index (χ1) is 20.0. The van der Waals surface area contributed by atoms with E-state index in [1.165, 1.54) is 25.6 Å². The highest BCUT2D eigenvalue weighted by Gasteiger charge is 2.27. The van der Waals surface area contributed by atoms with Gasteiger partial charge in [0.2, 0.25) is 5.43 Å². The molecule has 0 unspecified atom stereocenters. The highest BCUT2D eigenvalue weighted by Crippen LogP contribution is 2.34. The van der Waals surface area contributed by atoms with Gasteiger partial charge in [0.15, 0.2) is 11.5 Å². The van der Waals surface area contributed by atoms with Crippen LogP contribution in [0.25, 0.3) is 21.5 Å². The predicted octanol–water partition coefficient (Wildman–Crippen LogP) is 5.42. The molecule has 1 aromatic carbocycles. The van der Waals surface area contributed by atoms with Crippen LogP contribution in [0.2, 0.25) is 0 Å². The van der Waals surface area contributed by atoms with Gasteiger partial charge in [-0.3, -0.25) is 14.6 Å². The Labute approximate surface area is 239 Å². The third-order valence-corrected chi connectivity index (χ3v) is 7.78. The Kier molecular flexibility index (Phi) is 7.12. The largest absolute Gasteiger partial charge is 0.491 e. The number of rotatable bonds is 7. The van der Waals surface area contributed by atoms with E-state index in [9.17, 15) is 9.59 Å². The van der Waals surface area contributed by atoms with Crippen molar-refractivity contribution in [2.45, 2.75) is 20.1 Å². The van der Waals surface area contributed by atoms with Crippen molar-refractivity contribution in [3.05, 3.63) is 87.3 Å². The van der Waals surface area contributed by atoms with Crippen LogP contribution in [-0.4, -0.2) is 41.3 Å². The average molecular weight is 571 g/mol. The van der Waals surface area contributed by atoms with Crippen LogP contribution in [0.3, 0.4) is 0 Å². The molecule has 0 radical (unpaired) electrons. The molecule has 4 aromatic heterocycles. The Morgan fingerprint density at radius 3 is 2.66 bits per heavy atom. The first-order valence-electron chi connectivity index (χ1n) is 12.8. The molecule has 0 saturated carbocycles. The fourth-order valence-corrected chi connectivity index (χ4v) is 5.75. The van der Waals surface area contributed by atoms with Crippen molar-refractivity contribution in [3.8, 4) is 33.6 Å². The maximum absolute atomic E-state index is 13.7. The van der Waals surface area contributed by atoms with Crippen molar-refractivity contribution < 1.29 is 23.7 Å². The van der Waals surface area contributed by atoms with Gasteiger partial charge in [-0.05, 0) is 42.6 Å². The number of hydrogen-bond acceptors (Lipinski definition) is 9. The second kappa shape index (κ2) is 11.0. The summed E-state index contributed by atoms with van der Waals surface area (Å²) in [6.45, 7) is 3.20. The van der Waals surface area contributed by atoms with Crippen LogP contribution in [0.1, 0.15) is 21.7 Å². The highest BCUT2D eigenvalue weighted by atomic mass is 32.1. The molecule has 1 aliphatic rings. The van der Waals surface area contributed by atoms with Gasteiger partial charge in [0.1, 0.15) is 16.8 Å². The first-order valence-corrected chi connectivity index (χ1v) is 13.7. The number of amides is 1. The van der Waals surface area contributed by atoms with E-state index in [4.69, 9.17) is 18.9 Å². The van der Waals surface area contributed by atoms with Gasteiger partial charge >= 0.3 is 0 Å². The van der Waals surface area contributed by atoms with Gasteiger partial charge in [-0.25, -0.2) is 4.98 Å². The van der Waals surface area contributed by atoms with E-state index in [0.717, 1.165) is 10.6 Å². The lowest BCUT2D eigenvalue weighted by molar-refractivity contribution is 0.0801. The van der Waals surface area contributed by atoms with Crippen molar-refractivity contribution in [1.29, 1.82) is 0 Å². The van der Waals surface area contributed by atoms with Crippen LogP contribution >= 0.6 is 11.3 Å². The van der Waals surface area contributed by atoms with Crippen LogP contribution < -0.4 is 25.0 Å². The summed E-state index contributed by atoms with van der Waals surface area (Å²) in [6.07, 6.45) is 1.62. The second-order valence-corrected chi connectivity index (χ2v) is 10.2. The number of thiophene rings is 1. The first kappa shape index (κ1) is 26.5. The number of anilines is 1. The normalized spacial score (nSPS) is 12.6. The van der Waals surface area contributed by atoms with E-state index in [1.54, 1.807) is 42.6 Å². The second-order valence-electron chi connectivity index (χ2n) is 9.25. The topological polar surface area (TPSA) is 114 Å². The molecule has 0 atom stereocenters. The zero-order valence-electron chi connectivity index (χ0n) is 22.6. The molecule has 5 heterocycles. The monoisotopic (exact) mass is 570 g/mol. The van der Waals surface area contributed by atoms with Gasteiger partial charge in [0.05, 0.1) is 44.2 Å². The lowest BCUT2D eigenvalue weighted by Crippen LogP contribution is -2.33. The zero-order valence-corrected chi connectivity index (χ0v) is 23.4. The lowest BCUT2D eigenvalue weighted by atomic mass is 10.0. The summed E-state index contributed by atoms with van der Waals surface area (Å²) in [5.74, 6) is 1.30. The molecule has 11 heteroatoms. The molecule has 0 saturated heterocycles. The quantitative estimate of drug-likeness (QED) is 0.276. The molecule has 5 aromatic rings. The Balaban J connectivity index is 1.28. The van der Waals surface area contributed by atoms with E-state index >= 15 is 0 Å². The maximum Gasteiger partial charge on any atom is 0.261 e. The van der Waals surface area contributed by atoms with Gasteiger partial charge in [-0.2, -0.15) is 0 Å². The van der Waals surface area contributed by atoms with Crippen LogP contribution in [0, 0.1) is 6.92 Å². The van der Waals surface area contributed by atoms with E-state index in [1.807, 2.05) is 29.0 Å². The molecule has 208 valence electrons. The number of ether oxygens (including phenoxy) is 4. The molecule has 41 heavy (non-hydrogen) atoms. The van der Waals surface area contributed by atoms with Crippen LogP contribution in [0.5, 0.6) is 23.1 Å². The van der Waals surface area contributed by atoms with Crippen LogP contribution in [0.15, 0.2) is 64.9 Å². The summed E-state index contributed by atoms with van der Waals surface area (Å²) in [5.41, 5.74) is 3.37. The smallest absolute Gasteiger partial charge is 0.261 e. The number of nitrogens with zero attached hydrogens (tertiary/aromatic N) is 3. The molecular weight excluding hydrogens is 544 g/mol. The van der Waals surface area contributed by atoms with E-state index in [-0.39, 0.29) is 17.6 Å². The summed E-state index contributed by atoms with van der Waals surface area (Å²) in [5, 5.41) is 4.80. The summed E-state index contributed by atoms with van der Waals surface area (Å²) >= 11 is 1.47. The molecule has 10 nitrogen and oxygen atoms in total. The average Bonchev–Trinajstić information content (AvgIpc) is 3.52. The minimum absolute atomic E-state index is 0.0951. The van der Waals surface area contributed by atoms with Gasteiger partial charge in [-0.15, -0.1) is 11.3 Å². The third-order valence-electron chi connectivity index (χ3n) is 6.89. The molecule has 1 aliphatic heterocycles. The Hall–Kier alpha value is -4.74. The molecule has 1 N–H and O–H groups in total. The predicted molar refractivity (Wildman–Crippen MR) is 156 cm³/mol. The number of methoxy groups -OCH3 is 2. The van der Waals surface area contributed by atoms with E-state index in [2.05, 4.69) is 15.3 Å². The van der Waals surface area contributed by atoms with Crippen molar-refractivity contribution in [3.63, 3.8) is 0 Å². The van der Waals surface area contributed by atoms with Gasteiger partial charge < -0.3 is 28.8 Å². The molecule has 6 rings (SSSR count). The van der Waals surface area contributed by atoms with Crippen molar-refractivity contribution in [2.24, 2.45) is 0 Å². The Bertz CT molecular complexity index is 1820. The SMILES string of the molecule is COc1cc2nccc(Oc3ccc(NC(=O)c4c5n(c(C)c(-c6cccs6)c4=O)CCOC5)cc3)c2nc1OC. The van der Waals surface area contributed by atoms with Crippen molar-refractivity contribution >= 4 is 34.0 Å². The standard InChI is InChI=1S/C30H26N4O6S/c1-17-25(24-5-4-14-41-24)28(35)26(21-16-39-13-12-34(17)21)29(36)32-18-6-8-19(9-7-18)40-22-10-11-31-20-15-23(37-2)30(38-3)33-27(20)22/h4-11,14-15H,12-13,16H2,1-3H3,(H,32,36). The van der Waals surface area contributed by atoms with Crippen LogP contribution in [0.4, 0.5) is 5.69 Å². The molecule has 0 fully saturated rings. The summed E-state index contributed by atoms with van der Waals surface area (Å²) < 4.78 is 24.4. The molecule has 0 aliphatic carbocycles. The summed E-state index contributed by atoms with van der Waals surface area (Å²) in [7, 11) is 3.05. The minimum Gasteiger partial charge on any atom is -0.491 e. The Morgan fingerprint density at radius 2 is 1.93 bits per heavy atom. The van der Waals surface area contributed by atoms with Crippen molar-refractivity contribution in [2.75, 3.05) is 26.1 Å². The van der Waals surface area contributed by atoms with Gasteiger partial charge in [0.25, 0.3) is 11.8 Å². The van der Waals surface area contributed by atoms with E-state index in [0.29, 0.717) is 64.3 Å². The third kappa shape index (κ3) is 4.90. The Morgan fingerprint density at radius 1 is 1.10 bits per heavy atom. The van der Waals surface area contributed by atoms with Gasteiger partial charge in [0, 0.05) is 41.1 Å². The number of benzene rings is 1. The molecule has 0 bridgehead atoms. The number of aromatic nitrogens is 3. The number of pyridine rings is 3. The fraction of sp³-hybridized carbons (Fsp3) is 0.200. The fourth-order valence-electron chi connectivity index (χ4n) is 4.93. The van der Waals surface area contributed by atoms with Gasteiger partial charge in [-0.1, -0.05) is 6.07 Å². The van der Waals surface area contributed by atoms with E-state index < -0.39 is 5.91 Å². The number of fused-ring (bicyclic) bond motifs is 2. The number of carbonyl (C=O) groups is 1. The minimum atomic E-state index is -0.485. The molecule has 1 amide bonds. The number of hydrogen-bond donors (Lipinski definition) is 1. The van der Waals surface area contributed by atoms with Crippen molar-refractivity contribution in [1.82, 2.24) is 14.5 Å². The molecule has 0 spiro atoms. The number of carbonyl (C=O) groups excluding carboxylic acids is 1. The maximum atomic E-state index is 13.7. The number of nitrogens with one attached hydrogen (secondary N) is 1.